The number of hydrogen-bond donors (Lipinski definition) is 1. The van der Waals surface area contributed by atoms with Crippen molar-refractivity contribution in [1.29, 1.82) is 0 Å². The van der Waals surface area contributed by atoms with Crippen molar-refractivity contribution in [3.05, 3.63) is 72.3 Å². The van der Waals surface area contributed by atoms with Crippen LogP contribution in [0, 0.1) is 11.6 Å². The molecule has 3 rings (SSSR count). The molecule has 0 spiro atoms. The van der Waals surface area contributed by atoms with Crippen molar-refractivity contribution < 1.29 is 28.2 Å². The molecule has 0 aromatic heterocycles. The first-order chi connectivity index (χ1) is 12.2. The molecule has 2 N–H and O–H groups in total. The van der Waals surface area contributed by atoms with Crippen LogP contribution in [0.25, 0.3) is 22.3 Å². The van der Waals surface area contributed by atoms with Crippen molar-refractivity contribution in [2.75, 3.05) is 5.73 Å². The molecule has 0 saturated heterocycles. The summed E-state index contributed by atoms with van der Waals surface area (Å²) in [6, 6.07) is 10.6. The monoisotopic (exact) mass is 407 g/mol. The maximum absolute atomic E-state index is 13.6. The zero-order valence-corrected chi connectivity index (χ0v) is 14.2. The quantitative estimate of drug-likeness (QED) is 0.352. The summed E-state index contributed by atoms with van der Waals surface area (Å²) in [7, 11) is -9.71. The molecule has 0 radical (unpaired) electrons. The Bertz CT molecular complexity index is 988. The van der Waals surface area contributed by atoms with Crippen LogP contribution in [-0.2, 0) is 0 Å². The van der Waals surface area contributed by atoms with Crippen molar-refractivity contribution in [2.24, 2.45) is 0 Å². The Kier molecular flexibility index (Phi) is 3.83. The highest BCUT2D eigenvalue weighted by atomic mass is 32.5. The average molecular weight is 407 g/mol. The first kappa shape index (κ1) is 19.1. The van der Waals surface area contributed by atoms with Crippen LogP contribution in [0.4, 0.5) is 33.9 Å². The van der Waals surface area contributed by atoms with Gasteiger partial charge >= 0.3 is 10.2 Å². The van der Waals surface area contributed by atoms with Crippen molar-refractivity contribution in [3.63, 3.8) is 0 Å². The third-order valence-electron chi connectivity index (χ3n) is 3.93. The Balaban J connectivity index is 1.93. The lowest BCUT2D eigenvalue weighted by Gasteiger charge is -2.40. The topological polar surface area (TPSA) is 26.0 Å². The van der Waals surface area contributed by atoms with E-state index in [4.69, 9.17) is 5.73 Å². The second-order valence-electron chi connectivity index (χ2n) is 5.92. The second kappa shape index (κ2) is 5.41. The Morgan fingerprint density at radius 2 is 0.889 bits per heavy atom. The van der Waals surface area contributed by atoms with Gasteiger partial charge in [-0.15, -0.1) is 0 Å². The highest BCUT2D eigenvalue weighted by Crippen LogP contribution is 3.02. The van der Waals surface area contributed by atoms with Gasteiger partial charge < -0.3 is 5.73 Å². The zero-order valence-electron chi connectivity index (χ0n) is 13.4. The van der Waals surface area contributed by atoms with Gasteiger partial charge in [-0.25, -0.2) is 8.78 Å². The van der Waals surface area contributed by atoms with Gasteiger partial charge in [-0.2, -0.15) is 0 Å². The number of nitrogen functional groups attached to an aromatic ring is 1. The van der Waals surface area contributed by atoms with E-state index in [1.165, 1.54) is 24.3 Å². The summed E-state index contributed by atoms with van der Waals surface area (Å²) in [5, 5.41) is 0. The average Bonchev–Trinajstić information content (AvgIpc) is 2.57. The van der Waals surface area contributed by atoms with E-state index >= 15 is 0 Å². The van der Waals surface area contributed by atoms with Crippen LogP contribution in [0.3, 0.4) is 0 Å². The summed E-state index contributed by atoms with van der Waals surface area (Å²) in [6.45, 7) is 0. The molecule has 0 aliphatic heterocycles. The fourth-order valence-electron chi connectivity index (χ4n) is 2.51. The lowest BCUT2D eigenvalue weighted by molar-refractivity contribution is 0.364. The minimum atomic E-state index is -9.71. The molecule has 144 valence electrons. The predicted octanol–water partition coefficient (Wildman–Crippen LogP) is 7.54. The van der Waals surface area contributed by atoms with E-state index < -0.39 is 32.4 Å². The fraction of sp³-hybridized carbons (Fsp3) is 0. The summed E-state index contributed by atoms with van der Waals surface area (Å²) < 4.78 is 90.8. The minimum absolute atomic E-state index is 0.224. The van der Waals surface area contributed by atoms with Gasteiger partial charge in [0.05, 0.1) is 0 Å². The van der Waals surface area contributed by atoms with Gasteiger partial charge in [0, 0.05) is 0 Å². The van der Waals surface area contributed by atoms with Crippen LogP contribution >= 0.6 is 10.2 Å². The number of nitrogens with two attached hydrogens (primary N) is 1. The molecular formula is C18H12F7NS. The number of rotatable bonds is 3. The van der Waals surface area contributed by atoms with Gasteiger partial charge in [-0.3, -0.25) is 0 Å². The molecule has 3 aromatic carbocycles. The smallest absolute Gasteiger partial charge is 0.310 e. The Hall–Kier alpha value is -2.68. The van der Waals surface area contributed by atoms with Gasteiger partial charge in [0.1, 0.15) is 22.2 Å². The van der Waals surface area contributed by atoms with Gasteiger partial charge in [-0.05, 0) is 46.5 Å². The first-order valence-electron chi connectivity index (χ1n) is 7.44. The molecule has 9 heteroatoms. The number of anilines is 1. The molecule has 3 aromatic rings. The molecule has 0 bridgehead atoms. The van der Waals surface area contributed by atoms with Crippen molar-refractivity contribution in [3.8, 4) is 22.3 Å². The molecule has 0 atom stereocenters. The second-order valence-corrected chi connectivity index (χ2v) is 8.33. The standard InChI is InChI=1S/C18H12F7NS/c19-16-9-14(10-17(20)18(16)26)13-3-1-11(2-4-13)12-5-7-15(8-6-12)27(21,22,23,24)25/h1-10H,26H2. The zero-order chi connectivity index (χ0) is 20.1. The van der Waals surface area contributed by atoms with E-state index in [9.17, 15) is 28.2 Å². The van der Waals surface area contributed by atoms with E-state index in [1.807, 2.05) is 0 Å². The first-order valence-corrected chi connectivity index (χ1v) is 9.39. The molecule has 27 heavy (non-hydrogen) atoms. The molecule has 0 heterocycles. The molecular weight excluding hydrogens is 395 g/mol. The van der Waals surface area contributed by atoms with E-state index in [2.05, 4.69) is 0 Å². The molecule has 0 saturated carbocycles. The van der Waals surface area contributed by atoms with Crippen LogP contribution in [0.1, 0.15) is 0 Å². The van der Waals surface area contributed by atoms with Crippen LogP contribution in [0.5, 0.6) is 0 Å². The molecule has 0 unspecified atom stereocenters. The van der Waals surface area contributed by atoms with Crippen LogP contribution in [0.2, 0.25) is 0 Å². The third-order valence-corrected chi connectivity index (χ3v) is 5.09. The van der Waals surface area contributed by atoms with Crippen molar-refractivity contribution in [1.82, 2.24) is 0 Å². The van der Waals surface area contributed by atoms with Crippen LogP contribution < -0.4 is 5.73 Å². The van der Waals surface area contributed by atoms with Crippen LogP contribution in [0.15, 0.2) is 65.6 Å². The predicted molar refractivity (Wildman–Crippen MR) is 93.0 cm³/mol. The van der Waals surface area contributed by atoms with E-state index in [1.54, 1.807) is 0 Å². The number of hydrogen-bond acceptors (Lipinski definition) is 1. The molecule has 0 aliphatic rings. The summed E-state index contributed by atoms with van der Waals surface area (Å²) in [5.74, 6) is -1.83. The minimum Gasteiger partial charge on any atom is -0.394 e. The van der Waals surface area contributed by atoms with Gasteiger partial charge in [-0.1, -0.05) is 55.8 Å². The molecule has 0 aliphatic carbocycles. The lowest BCUT2D eigenvalue weighted by Crippen LogP contribution is -2.05. The lowest BCUT2D eigenvalue weighted by atomic mass is 10.00. The largest absolute Gasteiger partial charge is 0.394 e. The summed E-state index contributed by atoms with van der Waals surface area (Å²) in [6.07, 6.45) is 0. The Morgan fingerprint density at radius 3 is 1.26 bits per heavy atom. The Labute approximate surface area is 150 Å². The van der Waals surface area contributed by atoms with E-state index in [-0.39, 0.29) is 11.1 Å². The number of benzene rings is 3. The SMILES string of the molecule is Nc1c(F)cc(-c2ccc(-c3ccc(S(F)(F)(F)(F)F)cc3)cc2)cc1F. The normalized spacial score (nSPS) is 14.5. The van der Waals surface area contributed by atoms with Gasteiger partial charge in [0.25, 0.3) is 0 Å². The maximum atomic E-state index is 13.6. The molecule has 0 amide bonds. The molecule has 1 nitrogen and oxygen atoms in total. The van der Waals surface area contributed by atoms with Gasteiger partial charge in [0.15, 0.2) is 0 Å². The highest BCUT2D eigenvalue weighted by molar-refractivity contribution is 8.45. The maximum Gasteiger partial charge on any atom is 0.310 e. The summed E-state index contributed by atoms with van der Waals surface area (Å²) in [5.41, 5.74) is 6.01. The van der Waals surface area contributed by atoms with E-state index in [0.29, 0.717) is 23.3 Å². The number of halogens is 7. The van der Waals surface area contributed by atoms with Gasteiger partial charge in [0.2, 0.25) is 0 Å². The summed E-state index contributed by atoms with van der Waals surface area (Å²) >= 11 is 0. The van der Waals surface area contributed by atoms with Crippen molar-refractivity contribution in [2.45, 2.75) is 4.90 Å². The Morgan fingerprint density at radius 1 is 0.556 bits per heavy atom. The highest BCUT2D eigenvalue weighted by Gasteiger charge is 2.65. The fourth-order valence-corrected chi connectivity index (χ4v) is 3.16. The summed E-state index contributed by atoms with van der Waals surface area (Å²) in [4.78, 5) is -1.97. The van der Waals surface area contributed by atoms with E-state index in [0.717, 1.165) is 24.3 Å². The third kappa shape index (κ3) is 4.02. The van der Waals surface area contributed by atoms with Crippen molar-refractivity contribution >= 4 is 15.9 Å². The van der Waals surface area contributed by atoms with Crippen LogP contribution in [-0.4, -0.2) is 0 Å². The molecule has 0 fully saturated rings.